The van der Waals surface area contributed by atoms with Gasteiger partial charge in [-0.05, 0) is 49.1 Å². The molecule has 0 saturated carbocycles. The first-order chi connectivity index (χ1) is 11.5. The van der Waals surface area contributed by atoms with Gasteiger partial charge in [0, 0.05) is 16.1 Å². The highest BCUT2D eigenvalue weighted by molar-refractivity contribution is 8.18. The Kier molecular flexibility index (Phi) is 5.42. The number of amidine groups is 1. The van der Waals surface area contributed by atoms with E-state index in [1.165, 1.54) is 6.07 Å². The van der Waals surface area contributed by atoms with Gasteiger partial charge < -0.3 is 5.73 Å². The smallest absolute Gasteiger partial charge is 0.129 e. The third kappa shape index (κ3) is 3.44. The van der Waals surface area contributed by atoms with Crippen LogP contribution in [0.5, 0.6) is 0 Å². The lowest BCUT2D eigenvalue weighted by molar-refractivity contribution is 0.609. The molecule has 0 radical (unpaired) electrons. The van der Waals surface area contributed by atoms with Crippen molar-refractivity contribution in [3.8, 4) is 0 Å². The molecular formula is C18H18ClFN2S2. The maximum atomic E-state index is 14.7. The van der Waals surface area contributed by atoms with E-state index in [-0.39, 0.29) is 5.82 Å². The molecule has 0 unspecified atom stereocenters. The fourth-order valence-electron chi connectivity index (χ4n) is 2.78. The molecule has 2 nitrogen and oxygen atoms in total. The minimum atomic E-state index is -0.567. The van der Waals surface area contributed by atoms with Crippen molar-refractivity contribution in [3.05, 3.63) is 64.4 Å². The number of thioether (sulfide) groups is 2. The van der Waals surface area contributed by atoms with E-state index < -0.39 is 4.08 Å². The summed E-state index contributed by atoms with van der Waals surface area (Å²) < 4.78 is 14.1. The molecule has 0 atom stereocenters. The van der Waals surface area contributed by atoms with Crippen LogP contribution >= 0.6 is 35.1 Å². The highest BCUT2D eigenvalue weighted by atomic mass is 35.5. The number of aliphatic imine (C=N–C) groups is 1. The van der Waals surface area contributed by atoms with Gasteiger partial charge in [0.1, 0.15) is 9.90 Å². The monoisotopic (exact) mass is 380 g/mol. The van der Waals surface area contributed by atoms with Crippen molar-refractivity contribution in [1.29, 1.82) is 0 Å². The summed E-state index contributed by atoms with van der Waals surface area (Å²) in [5, 5.41) is 0.612. The van der Waals surface area contributed by atoms with E-state index in [9.17, 15) is 4.39 Å². The number of hydrogen-bond acceptors (Lipinski definition) is 3. The first-order valence-corrected chi connectivity index (χ1v) is 10.0. The summed E-state index contributed by atoms with van der Waals surface area (Å²) in [5.74, 6) is 2.17. The Morgan fingerprint density at radius 3 is 2.54 bits per heavy atom. The molecule has 0 aliphatic carbocycles. The molecule has 2 aromatic rings. The quantitative estimate of drug-likeness (QED) is 0.559. The van der Waals surface area contributed by atoms with Crippen LogP contribution in [0, 0.1) is 5.82 Å². The zero-order valence-electron chi connectivity index (χ0n) is 13.3. The van der Waals surface area contributed by atoms with Crippen LogP contribution < -0.4 is 5.73 Å². The van der Waals surface area contributed by atoms with Crippen molar-refractivity contribution in [3.63, 3.8) is 0 Å². The molecule has 126 valence electrons. The summed E-state index contributed by atoms with van der Waals surface area (Å²) in [6, 6.07) is 12.5. The predicted molar refractivity (Wildman–Crippen MR) is 105 cm³/mol. The standard InChI is InChI=1S/C18H18ClFN2S2/c1-12(21)22-17-8-7-13(19)11-15(17)18(23-9-4-10-24-18)14-5-2-3-6-16(14)20/h2-3,5-8,11H,4,9-10H2,1H3,(H2,21,22). The first-order valence-electron chi connectivity index (χ1n) is 7.66. The maximum Gasteiger partial charge on any atom is 0.129 e. The van der Waals surface area contributed by atoms with Crippen molar-refractivity contribution in [1.82, 2.24) is 0 Å². The Balaban J connectivity index is 2.26. The summed E-state index contributed by atoms with van der Waals surface area (Å²) in [4.78, 5) is 4.46. The number of hydrogen-bond donors (Lipinski definition) is 1. The summed E-state index contributed by atoms with van der Waals surface area (Å²) in [6.07, 6.45) is 1.10. The minimum Gasteiger partial charge on any atom is -0.387 e. The van der Waals surface area contributed by atoms with Crippen LogP contribution in [0.25, 0.3) is 0 Å². The van der Waals surface area contributed by atoms with Gasteiger partial charge in [-0.2, -0.15) is 0 Å². The molecule has 0 amide bonds. The van der Waals surface area contributed by atoms with Crippen LogP contribution in [0.1, 0.15) is 24.5 Å². The molecule has 2 aromatic carbocycles. The Morgan fingerprint density at radius 2 is 1.88 bits per heavy atom. The normalized spacial score (nSPS) is 17.7. The van der Waals surface area contributed by atoms with Gasteiger partial charge in [0.2, 0.25) is 0 Å². The van der Waals surface area contributed by atoms with Crippen LogP contribution in [0.4, 0.5) is 10.1 Å². The van der Waals surface area contributed by atoms with Crippen LogP contribution in [-0.2, 0) is 4.08 Å². The number of rotatable bonds is 3. The number of halogens is 2. The summed E-state index contributed by atoms with van der Waals surface area (Å²) in [6.45, 7) is 1.75. The molecule has 0 bridgehead atoms. The van der Waals surface area contributed by atoms with Gasteiger partial charge in [-0.3, -0.25) is 0 Å². The van der Waals surface area contributed by atoms with Crippen LogP contribution in [0.2, 0.25) is 5.02 Å². The topological polar surface area (TPSA) is 38.4 Å². The lowest BCUT2D eigenvalue weighted by Gasteiger charge is -2.38. The average molecular weight is 381 g/mol. The molecule has 1 aliphatic rings. The Labute approximate surface area is 155 Å². The summed E-state index contributed by atoms with van der Waals surface area (Å²) in [5.41, 5.74) is 8.10. The molecule has 1 fully saturated rings. The van der Waals surface area contributed by atoms with Crippen LogP contribution in [0.3, 0.4) is 0 Å². The van der Waals surface area contributed by atoms with E-state index in [0.29, 0.717) is 16.4 Å². The van der Waals surface area contributed by atoms with Crippen LogP contribution in [-0.4, -0.2) is 17.3 Å². The van der Waals surface area contributed by atoms with Gasteiger partial charge in [-0.1, -0.05) is 29.8 Å². The number of nitrogens with zero attached hydrogens (tertiary/aromatic N) is 1. The molecule has 3 rings (SSSR count). The molecule has 24 heavy (non-hydrogen) atoms. The number of benzene rings is 2. The lowest BCUT2D eigenvalue weighted by atomic mass is 10.0. The fourth-order valence-corrected chi connectivity index (χ4v) is 6.40. The lowest BCUT2D eigenvalue weighted by Crippen LogP contribution is -2.26. The Bertz CT molecular complexity index is 769. The zero-order chi connectivity index (χ0) is 17.2. The van der Waals surface area contributed by atoms with Gasteiger partial charge in [0.15, 0.2) is 0 Å². The second kappa shape index (κ2) is 7.38. The molecular weight excluding hydrogens is 363 g/mol. The highest BCUT2D eigenvalue weighted by Crippen LogP contribution is 2.57. The molecule has 2 N–H and O–H groups in total. The summed E-state index contributed by atoms with van der Waals surface area (Å²) >= 11 is 9.74. The second-order valence-electron chi connectivity index (χ2n) is 5.56. The third-order valence-electron chi connectivity index (χ3n) is 3.74. The van der Waals surface area contributed by atoms with E-state index >= 15 is 0 Å². The van der Waals surface area contributed by atoms with Crippen molar-refractivity contribution in [2.45, 2.75) is 17.4 Å². The molecule has 0 aromatic heterocycles. The summed E-state index contributed by atoms with van der Waals surface area (Å²) in [7, 11) is 0. The van der Waals surface area contributed by atoms with E-state index in [4.69, 9.17) is 17.3 Å². The third-order valence-corrected chi connectivity index (χ3v) is 7.36. The molecule has 1 aliphatic heterocycles. The van der Waals surface area contributed by atoms with Gasteiger partial charge in [-0.15, -0.1) is 23.5 Å². The Morgan fingerprint density at radius 1 is 1.17 bits per heavy atom. The molecule has 6 heteroatoms. The maximum absolute atomic E-state index is 14.7. The van der Waals surface area contributed by atoms with Gasteiger partial charge in [-0.25, -0.2) is 9.38 Å². The van der Waals surface area contributed by atoms with Crippen molar-refractivity contribution >= 4 is 46.6 Å². The van der Waals surface area contributed by atoms with Crippen LogP contribution in [0.15, 0.2) is 47.5 Å². The fraction of sp³-hybridized carbons (Fsp3) is 0.278. The SMILES string of the molecule is CC(N)=Nc1ccc(Cl)cc1C1(c2ccccc2F)SCCCS1. The van der Waals surface area contributed by atoms with Crippen molar-refractivity contribution < 1.29 is 4.39 Å². The molecule has 1 heterocycles. The Hall–Kier alpha value is -1.17. The zero-order valence-corrected chi connectivity index (χ0v) is 15.6. The largest absolute Gasteiger partial charge is 0.387 e. The number of nitrogens with two attached hydrogens (primary N) is 1. The van der Waals surface area contributed by atoms with E-state index in [0.717, 1.165) is 29.2 Å². The first kappa shape index (κ1) is 17.6. The average Bonchev–Trinajstić information content (AvgIpc) is 2.57. The van der Waals surface area contributed by atoms with Crippen molar-refractivity contribution in [2.75, 3.05) is 11.5 Å². The van der Waals surface area contributed by atoms with Gasteiger partial charge >= 0.3 is 0 Å². The van der Waals surface area contributed by atoms with E-state index in [1.807, 2.05) is 24.3 Å². The minimum absolute atomic E-state index is 0.209. The highest BCUT2D eigenvalue weighted by Gasteiger charge is 2.41. The molecule has 1 saturated heterocycles. The van der Waals surface area contributed by atoms with Gasteiger partial charge in [0.05, 0.1) is 11.5 Å². The van der Waals surface area contributed by atoms with Crippen molar-refractivity contribution in [2.24, 2.45) is 10.7 Å². The predicted octanol–water partition coefficient (Wildman–Crippen LogP) is 5.56. The molecule has 0 spiro atoms. The second-order valence-corrected chi connectivity index (χ2v) is 8.88. The van der Waals surface area contributed by atoms with E-state index in [1.54, 1.807) is 42.6 Å². The van der Waals surface area contributed by atoms with E-state index in [2.05, 4.69) is 4.99 Å². The van der Waals surface area contributed by atoms with Gasteiger partial charge in [0.25, 0.3) is 0 Å².